The largest absolute Gasteiger partial charge is 0.302 e. The van der Waals surface area contributed by atoms with Crippen molar-refractivity contribution in [1.29, 1.82) is 0 Å². The fourth-order valence-corrected chi connectivity index (χ4v) is 3.22. The molecule has 18 heavy (non-hydrogen) atoms. The van der Waals surface area contributed by atoms with Crippen LogP contribution >= 0.6 is 23.1 Å². The minimum absolute atomic E-state index is 0.0961. The summed E-state index contributed by atoms with van der Waals surface area (Å²) in [6.07, 6.45) is 0. The molecule has 0 N–H and O–H groups in total. The molecule has 1 aromatic heterocycles. The first kappa shape index (κ1) is 13.6. The summed E-state index contributed by atoms with van der Waals surface area (Å²) >= 11 is 7.43. The van der Waals surface area contributed by atoms with E-state index in [1.54, 1.807) is 6.07 Å². The quantitative estimate of drug-likeness (QED) is 0.843. The standard InChI is InChI=1S/C13H17ClN2OS/c1-3-15(4-2)7-8-16-13(17)11-6-5-10(14)9-12(11)18-16/h5-6,9H,3-4,7-8H2,1-2H3. The van der Waals surface area contributed by atoms with E-state index in [9.17, 15) is 4.79 Å². The Morgan fingerprint density at radius 3 is 2.72 bits per heavy atom. The Morgan fingerprint density at radius 2 is 2.06 bits per heavy atom. The molecular weight excluding hydrogens is 268 g/mol. The Hall–Kier alpha value is -0.840. The number of halogens is 1. The predicted octanol–water partition coefficient (Wildman–Crippen LogP) is 3.06. The lowest BCUT2D eigenvalue weighted by atomic mass is 10.3. The van der Waals surface area contributed by atoms with Gasteiger partial charge in [-0.3, -0.25) is 8.75 Å². The van der Waals surface area contributed by atoms with Crippen LogP contribution in [0.1, 0.15) is 13.8 Å². The number of benzene rings is 1. The number of nitrogens with zero attached hydrogens (tertiary/aromatic N) is 2. The molecule has 1 heterocycles. The Labute approximate surface area is 116 Å². The van der Waals surface area contributed by atoms with E-state index in [2.05, 4.69) is 18.7 Å². The monoisotopic (exact) mass is 284 g/mol. The van der Waals surface area contributed by atoms with E-state index in [4.69, 9.17) is 11.6 Å². The molecule has 0 saturated heterocycles. The predicted molar refractivity (Wildman–Crippen MR) is 78.9 cm³/mol. The molecule has 0 aliphatic rings. The van der Waals surface area contributed by atoms with Crippen LogP contribution in [0.2, 0.25) is 5.02 Å². The summed E-state index contributed by atoms with van der Waals surface area (Å²) in [6.45, 7) is 7.96. The molecule has 0 spiro atoms. The van der Waals surface area contributed by atoms with Crippen molar-refractivity contribution in [2.24, 2.45) is 0 Å². The smallest absolute Gasteiger partial charge is 0.268 e. The van der Waals surface area contributed by atoms with Crippen molar-refractivity contribution < 1.29 is 0 Å². The van der Waals surface area contributed by atoms with Gasteiger partial charge >= 0.3 is 0 Å². The van der Waals surface area contributed by atoms with Crippen molar-refractivity contribution >= 4 is 33.2 Å². The molecule has 0 unspecified atom stereocenters. The van der Waals surface area contributed by atoms with Crippen molar-refractivity contribution in [2.45, 2.75) is 20.4 Å². The third kappa shape index (κ3) is 2.76. The average Bonchev–Trinajstić information content (AvgIpc) is 2.67. The van der Waals surface area contributed by atoms with E-state index in [-0.39, 0.29) is 5.56 Å². The van der Waals surface area contributed by atoms with Crippen LogP contribution in [-0.4, -0.2) is 28.5 Å². The van der Waals surface area contributed by atoms with Gasteiger partial charge in [0.1, 0.15) is 0 Å². The van der Waals surface area contributed by atoms with Gasteiger partial charge in [0.2, 0.25) is 0 Å². The van der Waals surface area contributed by atoms with E-state index in [0.717, 1.165) is 36.3 Å². The maximum absolute atomic E-state index is 12.1. The molecular formula is C13H17ClN2OS. The topological polar surface area (TPSA) is 25.2 Å². The molecule has 0 radical (unpaired) electrons. The highest BCUT2D eigenvalue weighted by atomic mass is 35.5. The number of hydrogen-bond acceptors (Lipinski definition) is 3. The summed E-state index contributed by atoms with van der Waals surface area (Å²) in [5, 5.41) is 1.45. The van der Waals surface area contributed by atoms with Crippen LogP contribution in [0, 0.1) is 0 Å². The third-order valence-corrected chi connectivity index (χ3v) is 4.46. The molecule has 0 fully saturated rings. The van der Waals surface area contributed by atoms with Gasteiger partial charge < -0.3 is 4.90 Å². The minimum Gasteiger partial charge on any atom is -0.302 e. The van der Waals surface area contributed by atoms with Gasteiger partial charge in [0, 0.05) is 18.1 Å². The summed E-state index contributed by atoms with van der Waals surface area (Å²) in [4.78, 5) is 14.5. The molecule has 0 amide bonds. The highest BCUT2D eigenvalue weighted by molar-refractivity contribution is 7.13. The summed E-state index contributed by atoms with van der Waals surface area (Å²) in [7, 11) is 0. The second kappa shape index (κ2) is 5.87. The molecule has 0 saturated carbocycles. The van der Waals surface area contributed by atoms with Gasteiger partial charge in [-0.2, -0.15) is 0 Å². The van der Waals surface area contributed by atoms with Crippen molar-refractivity contribution in [2.75, 3.05) is 19.6 Å². The highest BCUT2D eigenvalue weighted by Crippen LogP contribution is 2.21. The zero-order chi connectivity index (χ0) is 13.1. The second-order valence-electron chi connectivity index (χ2n) is 4.17. The zero-order valence-electron chi connectivity index (χ0n) is 10.6. The summed E-state index contributed by atoms with van der Waals surface area (Å²) in [5.41, 5.74) is 0.0961. The first-order chi connectivity index (χ1) is 8.65. The Balaban J connectivity index is 2.24. The lowest BCUT2D eigenvalue weighted by Gasteiger charge is -2.17. The van der Waals surface area contributed by atoms with E-state index in [1.165, 1.54) is 11.5 Å². The Bertz CT molecular complexity index is 586. The van der Waals surface area contributed by atoms with E-state index in [1.807, 2.05) is 16.1 Å². The molecule has 0 atom stereocenters. The Kier molecular flexibility index (Phi) is 4.43. The molecule has 2 rings (SSSR count). The van der Waals surface area contributed by atoms with E-state index >= 15 is 0 Å². The van der Waals surface area contributed by atoms with Crippen LogP contribution in [0.15, 0.2) is 23.0 Å². The fourth-order valence-electron chi connectivity index (χ4n) is 1.96. The Morgan fingerprint density at radius 1 is 1.33 bits per heavy atom. The first-order valence-electron chi connectivity index (χ1n) is 6.17. The molecule has 3 nitrogen and oxygen atoms in total. The molecule has 0 bridgehead atoms. The van der Waals surface area contributed by atoms with Gasteiger partial charge in [0.15, 0.2) is 0 Å². The minimum atomic E-state index is 0.0961. The zero-order valence-corrected chi connectivity index (χ0v) is 12.2. The lowest BCUT2D eigenvalue weighted by Crippen LogP contribution is -2.28. The maximum atomic E-state index is 12.1. The van der Waals surface area contributed by atoms with Crippen LogP contribution in [0.4, 0.5) is 0 Å². The second-order valence-corrected chi connectivity index (χ2v) is 5.67. The van der Waals surface area contributed by atoms with Crippen LogP contribution in [0.25, 0.3) is 10.1 Å². The number of likely N-dealkylation sites (N-methyl/N-ethyl adjacent to an activating group) is 1. The van der Waals surface area contributed by atoms with Gasteiger partial charge in [0.05, 0.1) is 10.1 Å². The first-order valence-corrected chi connectivity index (χ1v) is 7.32. The molecule has 1 aromatic carbocycles. The fraction of sp³-hybridized carbons (Fsp3) is 0.462. The molecule has 5 heteroatoms. The third-order valence-electron chi connectivity index (χ3n) is 3.12. The molecule has 98 valence electrons. The van der Waals surface area contributed by atoms with Gasteiger partial charge in [-0.25, -0.2) is 0 Å². The number of fused-ring (bicyclic) bond motifs is 1. The van der Waals surface area contributed by atoms with Crippen LogP contribution in [-0.2, 0) is 6.54 Å². The summed E-state index contributed by atoms with van der Waals surface area (Å²) in [6, 6.07) is 5.44. The van der Waals surface area contributed by atoms with Gasteiger partial charge in [-0.05, 0) is 31.3 Å². The normalized spacial score (nSPS) is 11.6. The van der Waals surface area contributed by atoms with Gasteiger partial charge in [0.25, 0.3) is 5.56 Å². The van der Waals surface area contributed by atoms with Gasteiger partial charge in [-0.1, -0.05) is 37.0 Å². The van der Waals surface area contributed by atoms with Gasteiger partial charge in [-0.15, -0.1) is 0 Å². The van der Waals surface area contributed by atoms with Crippen LogP contribution in [0.3, 0.4) is 0 Å². The number of hydrogen-bond donors (Lipinski definition) is 0. The van der Waals surface area contributed by atoms with Crippen LogP contribution in [0.5, 0.6) is 0 Å². The number of aromatic nitrogens is 1. The van der Waals surface area contributed by atoms with Crippen molar-refractivity contribution in [1.82, 2.24) is 8.86 Å². The van der Waals surface area contributed by atoms with Crippen LogP contribution < -0.4 is 5.56 Å². The molecule has 0 aliphatic heterocycles. The number of rotatable bonds is 5. The summed E-state index contributed by atoms with van der Waals surface area (Å²) in [5.74, 6) is 0. The van der Waals surface area contributed by atoms with E-state index in [0.29, 0.717) is 5.02 Å². The summed E-state index contributed by atoms with van der Waals surface area (Å²) < 4.78 is 2.78. The van der Waals surface area contributed by atoms with Crippen molar-refractivity contribution in [3.05, 3.63) is 33.6 Å². The lowest BCUT2D eigenvalue weighted by molar-refractivity contribution is 0.293. The highest BCUT2D eigenvalue weighted by Gasteiger charge is 2.08. The average molecular weight is 285 g/mol. The SMILES string of the molecule is CCN(CC)CCn1sc2cc(Cl)ccc2c1=O. The maximum Gasteiger partial charge on any atom is 0.268 e. The van der Waals surface area contributed by atoms with Crippen molar-refractivity contribution in [3.63, 3.8) is 0 Å². The van der Waals surface area contributed by atoms with Crippen molar-refractivity contribution in [3.8, 4) is 0 Å². The molecule has 0 aliphatic carbocycles. The van der Waals surface area contributed by atoms with E-state index < -0.39 is 0 Å². The molecule has 2 aromatic rings.